The van der Waals surface area contributed by atoms with Crippen LogP contribution in [-0.4, -0.2) is 62.9 Å². The number of nitrogens with zero attached hydrogens (tertiary/aromatic N) is 3. The lowest BCUT2D eigenvalue weighted by Crippen LogP contribution is -2.32. The van der Waals surface area contributed by atoms with E-state index in [1.54, 1.807) is 0 Å². The molecule has 13 heavy (non-hydrogen) atoms. The Hall–Kier alpha value is -0.610. The van der Waals surface area contributed by atoms with Gasteiger partial charge in [-0.3, -0.25) is 5.01 Å². The quantitative estimate of drug-likeness (QED) is 0.643. The van der Waals surface area contributed by atoms with E-state index in [2.05, 4.69) is 34.4 Å². The summed E-state index contributed by atoms with van der Waals surface area (Å²) in [5, 5.41) is 9.63. The summed E-state index contributed by atoms with van der Waals surface area (Å²) in [4.78, 5) is 2.20. The molecule has 1 unspecified atom stereocenters. The zero-order chi connectivity index (χ0) is 9.68. The van der Waals surface area contributed by atoms with Crippen molar-refractivity contribution in [1.82, 2.24) is 15.2 Å². The molecule has 0 fully saturated rings. The summed E-state index contributed by atoms with van der Waals surface area (Å²) in [6, 6.07) is 0.444. The highest BCUT2D eigenvalue weighted by atomic mass is 15.5. The minimum absolute atomic E-state index is 0.444. The summed E-state index contributed by atoms with van der Waals surface area (Å²) in [6.07, 6.45) is 3.16. The van der Waals surface area contributed by atoms with Crippen LogP contribution in [0.25, 0.3) is 0 Å². The molecule has 1 N–H and O–H groups in total. The molecule has 4 nitrogen and oxygen atoms in total. The largest absolute Gasteiger partial charge is 0.311 e. The van der Waals surface area contributed by atoms with Crippen LogP contribution in [0.5, 0.6) is 0 Å². The van der Waals surface area contributed by atoms with Crippen LogP contribution in [0.15, 0.2) is 5.10 Å². The maximum Gasteiger partial charge on any atom is 0.0634 e. The van der Waals surface area contributed by atoms with E-state index in [-0.39, 0.29) is 0 Å². The van der Waals surface area contributed by atoms with Gasteiger partial charge in [-0.1, -0.05) is 0 Å². The van der Waals surface area contributed by atoms with Gasteiger partial charge in [0, 0.05) is 12.8 Å². The van der Waals surface area contributed by atoms with Crippen LogP contribution in [0.4, 0.5) is 0 Å². The maximum absolute atomic E-state index is 4.31. The van der Waals surface area contributed by atoms with Gasteiger partial charge < -0.3 is 10.2 Å². The molecule has 76 valence electrons. The predicted molar refractivity (Wildman–Crippen MR) is 56.1 cm³/mol. The Morgan fingerprint density at radius 2 is 2.38 bits per heavy atom. The van der Waals surface area contributed by atoms with Gasteiger partial charge in [0.25, 0.3) is 0 Å². The van der Waals surface area contributed by atoms with E-state index in [9.17, 15) is 0 Å². The summed E-state index contributed by atoms with van der Waals surface area (Å²) < 4.78 is 0. The van der Waals surface area contributed by atoms with Gasteiger partial charge in [0.2, 0.25) is 0 Å². The number of rotatable bonds is 5. The van der Waals surface area contributed by atoms with Gasteiger partial charge in [0.15, 0.2) is 0 Å². The van der Waals surface area contributed by atoms with Crippen molar-refractivity contribution in [2.24, 2.45) is 5.10 Å². The Balaban J connectivity index is 2.08. The second-order valence-corrected chi connectivity index (χ2v) is 3.73. The first-order valence-electron chi connectivity index (χ1n) is 4.83. The highest BCUT2D eigenvalue weighted by molar-refractivity contribution is 5.66. The van der Waals surface area contributed by atoms with Gasteiger partial charge in [0.05, 0.1) is 12.6 Å². The lowest BCUT2D eigenvalue weighted by molar-refractivity contribution is 0.278. The van der Waals surface area contributed by atoms with Crippen molar-refractivity contribution < 1.29 is 0 Å². The van der Waals surface area contributed by atoms with Crippen LogP contribution in [0, 0.1) is 0 Å². The minimum Gasteiger partial charge on any atom is -0.311 e. The number of hydrogen-bond donors (Lipinski definition) is 1. The molecule has 1 aliphatic rings. The molecule has 0 aromatic carbocycles. The third-order valence-electron chi connectivity index (χ3n) is 2.21. The first-order chi connectivity index (χ1) is 6.22. The lowest BCUT2D eigenvalue weighted by atomic mass is 10.3. The Morgan fingerprint density at radius 3 is 2.92 bits per heavy atom. The van der Waals surface area contributed by atoms with E-state index in [0.717, 1.165) is 19.6 Å². The number of nitrogens with one attached hydrogen (secondary N) is 1. The summed E-state index contributed by atoms with van der Waals surface area (Å²) in [5.74, 6) is 0. The molecule has 4 heteroatoms. The Morgan fingerprint density at radius 1 is 1.62 bits per heavy atom. The molecule has 0 spiro atoms. The molecule has 0 bridgehead atoms. The Bertz CT molecular complexity index is 167. The van der Waals surface area contributed by atoms with Crippen molar-refractivity contribution in [1.29, 1.82) is 0 Å². The average Bonchev–Trinajstić information content (AvgIpc) is 2.52. The fraction of sp³-hybridized carbons (Fsp3) is 0.889. The summed E-state index contributed by atoms with van der Waals surface area (Å²) in [7, 11) is 6.17. The van der Waals surface area contributed by atoms with Crippen molar-refractivity contribution in [3.8, 4) is 0 Å². The third-order valence-corrected chi connectivity index (χ3v) is 2.21. The van der Waals surface area contributed by atoms with Crippen molar-refractivity contribution in [2.75, 3.05) is 40.8 Å². The highest BCUT2D eigenvalue weighted by Gasteiger charge is 2.14. The number of likely N-dealkylation sites (N-methyl/N-ethyl adjacent to an activating group) is 1. The van der Waals surface area contributed by atoms with Crippen LogP contribution in [-0.2, 0) is 0 Å². The molecule has 0 radical (unpaired) electrons. The monoisotopic (exact) mass is 184 g/mol. The summed E-state index contributed by atoms with van der Waals surface area (Å²) >= 11 is 0. The van der Waals surface area contributed by atoms with E-state index in [0.29, 0.717) is 6.04 Å². The van der Waals surface area contributed by atoms with Crippen LogP contribution in [0.2, 0.25) is 0 Å². The number of hydrazone groups is 1. The molecule has 1 atom stereocenters. The Kier molecular flexibility index (Phi) is 4.18. The standard InChI is InChI=1S/C9H20N4/c1-10-9-7-11-13(8-9)6-4-5-12(2)3/h7,9-10H,4-6,8H2,1-3H3. The molecule has 0 aromatic heterocycles. The Labute approximate surface area is 80.6 Å². The van der Waals surface area contributed by atoms with Crippen LogP contribution in [0.1, 0.15) is 6.42 Å². The highest BCUT2D eigenvalue weighted by Crippen LogP contribution is 2.01. The van der Waals surface area contributed by atoms with E-state index < -0.39 is 0 Å². The average molecular weight is 184 g/mol. The zero-order valence-electron chi connectivity index (χ0n) is 8.82. The van der Waals surface area contributed by atoms with Crippen molar-refractivity contribution in [3.63, 3.8) is 0 Å². The van der Waals surface area contributed by atoms with Gasteiger partial charge in [0.1, 0.15) is 0 Å². The van der Waals surface area contributed by atoms with Gasteiger partial charge in [-0.05, 0) is 34.1 Å². The van der Waals surface area contributed by atoms with Gasteiger partial charge in [-0.2, -0.15) is 5.10 Å². The first kappa shape index (κ1) is 10.5. The minimum atomic E-state index is 0.444. The van der Waals surface area contributed by atoms with Gasteiger partial charge >= 0.3 is 0 Å². The van der Waals surface area contributed by atoms with Crippen molar-refractivity contribution in [2.45, 2.75) is 12.5 Å². The van der Waals surface area contributed by atoms with Gasteiger partial charge in [-0.15, -0.1) is 0 Å². The molecular formula is C9H20N4. The normalized spacial score (nSPS) is 21.8. The molecule has 1 rings (SSSR count). The first-order valence-corrected chi connectivity index (χ1v) is 4.83. The molecular weight excluding hydrogens is 164 g/mol. The summed E-state index contributed by atoms with van der Waals surface area (Å²) in [6.45, 7) is 3.22. The second-order valence-electron chi connectivity index (χ2n) is 3.73. The number of hydrogen-bond acceptors (Lipinski definition) is 4. The van der Waals surface area contributed by atoms with Crippen LogP contribution in [0.3, 0.4) is 0 Å². The fourth-order valence-electron chi connectivity index (χ4n) is 1.38. The SMILES string of the molecule is CNC1C=NN(CCCN(C)C)C1. The van der Waals surface area contributed by atoms with Gasteiger partial charge in [-0.25, -0.2) is 0 Å². The zero-order valence-corrected chi connectivity index (χ0v) is 8.82. The third kappa shape index (κ3) is 3.74. The van der Waals surface area contributed by atoms with E-state index in [1.807, 2.05) is 13.3 Å². The smallest absolute Gasteiger partial charge is 0.0634 e. The molecule has 0 saturated heterocycles. The van der Waals surface area contributed by atoms with E-state index in [4.69, 9.17) is 0 Å². The molecule has 0 amide bonds. The topological polar surface area (TPSA) is 30.9 Å². The molecule has 1 aliphatic heterocycles. The molecule has 0 saturated carbocycles. The summed E-state index contributed by atoms with van der Waals surface area (Å²) in [5.41, 5.74) is 0. The second kappa shape index (κ2) is 5.19. The molecule has 1 heterocycles. The maximum atomic E-state index is 4.31. The molecule has 0 aromatic rings. The fourth-order valence-corrected chi connectivity index (χ4v) is 1.38. The van der Waals surface area contributed by atoms with Crippen molar-refractivity contribution >= 4 is 6.21 Å². The van der Waals surface area contributed by atoms with E-state index >= 15 is 0 Å². The van der Waals surface area contributed by atoms with Crippen LogP contribution < -0.4 is 5.32 Å². The van der Waals surface area contributed by atoms with Crippen LogP contribution >= 0.6 is 0 Å². The van der Waals surface area contributed by atoms with Crippen molar-refractivity contribution in [3.05, 3.63) is 0 Å². The van der Waals surface area contributed by atoms with E-state index in [1.165, 1.54) is 6.42 Å². The lowest BCUT2D eigenvalue weighted by Gasteiger charge is -2.17. The predicted octanol–water partition coefficient (Wildman–Crippen LogP) is -0.172. The molecule has 0 aliphatic carbocycles.